The van der Waals surface area contributed by atoms with Gasteiger partial charge in [0.05, 0.1) is 12.7 Å². The van der Waals surface area contributed by atoms with Crippen molar-refractivity contribution in [2.45, 2.75) is 45.3 Å². The molecule has 1 unspecified atom stereocenters. The summed E-state index contributed by atoms with van der Waals surface area (Å²) in [5.74, 6) is 0.744. The highest BCUT2D eigenvalue weighted by atomic mass is 16.5. The number of hydrogen-bond acceptors (Lipinski definition) is 4. The van der Waals surface area contributed by atoms with Crippen molar-refractivity contribution < 1.29 is 14.3 Å². The average Bonchev–Trinajstić information content (AvgIpc) is 3.27. The third-order valence-electron chi connectivity index (χ3n) is 5.29. The van der Waals surface area contributed by atoms with Crippen LogP contribution < -0.4 is 10.6 Å². The highest BCUT2D eigenvalue weighted by molar-refractivity contribution is 5.85. The molecule has 0 bridgehead atoms. The molecule has 1 fully saturated rings. The van der Waals surface area contributed by atoms with Crippen molar-refractivity contribution in [3.63, 3.8) is 0 Å². The van der Waals surface area contributed by atoms with Crippen LogP contribution in [-0.2, 0) is 27.2 Å². The molecule has 0 aliphatic carbocycles. The van der Waals surface area contributed by atoms with Gasteiger partial charge in [-0.2, -0.15) is 0 Å². The summed E-state index contributed by atoms with van der Waals surface area (Å²) < 4.78 is 11.2. The van der Waals surface area contributed by atoms with Gasteiger partial charge in [0, 0.05) is 39.4 Å². The average molecular weight is 403 g/mol. The first-order valence-corrected chi connectivity index (χ1v) is 10.8. The fourth-order valence-corrected chi connectivity index (χ4v) is 3.67. The van der Waals surface area contributed by atoms with E-state index in [1.54, 1.807) is 0 Å². The highest BCUT2D eigenvalue weighted by Gasteiger charge is 2.20. The van der Waals surface area contributed by atoms with Crippen LogP contribution in [0.2, 0.25) is 0 Å². The molecule has 0 saturated carbocycles. The first kappa shape index (κ1) is 21.6. The lowest BCUT2D eigenvalue weighted by atomic mass is 10.00. The zero-order valence-electron chi connectivity index (χ0n) is 17.5. The fraction of sp³-hybridized carbons (Fsp3) is 0.636. The zero-order chi connectivity index (χ0) is 20.3. The van der Waals surface area contributed by atoms with Gasteiger partial charge in [0.15, 0.2) is 5.96 Å². The van der Waals surface area contributed by atoms with Crippen molar-refractivity contribution in [1.82, 2.24) is 15.5 Å². The molecule has 0 radical (unpaired) electrons. The second-order valence-electron chi connectivity index (χ2n) is 7.52. The van der Waals surface area contributed by atoms with Gasteiger partial charge in [-0.25, -0.2) is 4.99 Å². The Hall–Kier alpha value is -2.12. The second kappa shape index (κ2) is 11.8. The quantitative estimate of drug-likeness (QED) is 0.374. The number of amides is 1. The van der Waals surface area contributed by atoms with Crippen LogP contribution in [-0.4, -0.2) is 68.9 Å². The molecule has 0 spiro atoms. The number of fused-ring (bicyclic) bond motifs is 1. The minimum absolute atomic E-state index is 0.0663. The van der Waals surface area contributed by atoms with Crippen LogP contribution in [0.4, 0.5) is 0 Å². The van der Waals surface area contributed by atoms with Crippen LogP contribution in [0.3, 0.4) is 0 Å². The largest absolute Gasteiger partial charge is 0.379 e. The molecule has 1 atom stereocenters. The topological polar surface area (TPSA) is 75.2 Å². The van der Waals surface area contributed by atoms with Crippen molar-refractivity contribution in [3.05, 3.63) is 35.4 Å². The molecule has 1 saturated heterocycles. The van der Waals surface area contributed by atoms with Gasteiger partial charge in [-0.3, -0.25) is 4.79 Å². The minimum atomic E-state index is 0.0663. The van der Waals surface area contributed by atoms with E-state index in [0.29, 0.717) is 25.7 Å². The Morgan fingerprint density at radius 2 is 2.17 bits per heavy atom. The molecule has 1 amide bonds. The summed E-state index contributed by atoms with van der Waals surface area (Å²) in [6.45, 7) is 7.36. The van der Waals surface area contributed by atoms with Gasteiger partial charge in [-0.05, 0) is 43.7 Å². The van der Waals surface area contributed by atoms with Crippen LogP contribution in [0.15, 0.2) is 29.3 Å². The first-order chi connectivity index (χ1) is 14.3. The van der Waals surface area contributed by atoms with Gasteiger partial charge in [-0.15, -0.1) is 0 Å². The summed E-state index contributed by atoms with van der Waals surface area (Å²) in [4.78, 5) is 19.0. The van der Waals surface area contributed by atoms with E-state index in [9.17, 15) is 4.79 Å². The van der Waals surface area contributed by atoms with Gasteiger partial charge in [-0.1, -0.05) is 24.3 Å². The molecule has 160 valence electrons. The van der Waals surface area contributed by atoms with Crippen molar-refractivity contribution in [2.75, 3.05) is 46.0 Å². The lowest BCUT2D eigenvalue weighted by Gasteiger charge is -2.28. The van der Waals surface area contributed by atoms with E-state index in [-0.39, 0.29) is 18.6 Å². The number of hydrogen-bond donors (Lipinski definition) is 2. The fourth-order valence-electron chi connectivity index (χ4n) is 3.67. The maximum atomic E-state index is 12.6. The number of carbonyl (C=O) groups excluding carboxylic acids is 1. The normalized spacial score (nSPS) is 19.1. The number of nitrogens with one attached hydrogen (secondary N) is 2. The Kier molecular flexibility index (Phi) is 8.77. The van der Waals surface area contributed by atoms with Crippen molar-refractivity contribution >= 4 is 11.9 Å². The van der Waals surface area contributed by atoms with Gasteiger partial charge in [0.1, 0.15) is 6.54 Å². The molecule has 2 aliphatic rings. The van der Waals surface area contributed by atoms with E-state index < -0.39 is 0 Å². The Bertz CT molecular complexity index is 674. The lowest BCUT2D eigenvalue weighted by Crippen LogP contribution is -2.41. The number of carbonyl (C=O) groups is 1. The molecule has 3 rings (SSSR count). The van der Waals surface area contributed by atoms with E-state index in [1.807, 2.05) is 17.9 Å². The van der Waals surface area contributed by atoms with Gasteiger partial charge in [0.25, 0.3) is 0 Å². The van der Waals surface area contributed by atoms with Crippen molar-refractivity contribution in [2.24, 2.45) is 4.99 Å². The molecule has 1 aromatic rings. The van der Waals surface area contributed by atoms with E-state index in [4.69, 9.17) is 9.47 Å². The van der Waals surface area contributed by atoms with E-state index >= 15 is 0 Å². The molecule has 2 heterocycles. The SMILES string of the molecule is CCNC(=NCC(=O)N1CCc2ccccc2C1)NCCCOCC1CCCO1. The molecular formula is C22H34N4O3. The Labute approximate surface area is 173 Å². The molecule has 7 heteroatoms. The molecule has 2 aliphatic heterocycles. The van der Waals surface area contributed by atoms with Crippen LogP contribution in [0, 0.1) is 0 Å². The summed E-state index contributed by atoms with van der Waals surface area (Å²) in [5, 5.41) is 6.48. The smallest absolute Gasteiger partial charge is 0.244 e. The summed E-state index contributed by atoms with van der Waals surface area (Å²) in [5.41, 5.74) is 2.58. The van der Waals surface area contributed by atoms with Crippen LogP contribution in [0.1, 0.15) is 37.3 Å². The maximum absolute atomic E-state index is 12.6. The Balaban J connectivity index is 1.36. The Morgan fingerprint density at radius 3 is 2.97 bits per heavy atom. The first-order valence-electron chi connectivity index (χ1n) is 10.8. The van der Waals surface area contributed by atoms with Gasteiger partial charge in [0.2, 0.25) is 5.91 Å². The van der Waals surface area contributed by atoms with Crippen molar-refractivity contribution in [1.29, 1.82) is 0 Å². The second-order valence-corrected chi connectivity index (χ2v) is 7.52. The highest BCUT2D eigenvalue weighted by Crippen LogP contribution is 2.18. The number of benzene rings is 1. The summed E-state index contributed by atoms with van der Waals surface area (Å²) in [6, 6.07) is 8.34. The number of ether oxygens (including phenoxy) is 2. The zero-order valence-corrected chi connectivity index (χ0v) is 17.5. The summed E-state index contributed by atoms with van der Waals surface area (Å²) in [6.07, 6.45) is 4.31. The molecule has 1 aromatic carbocycles. The van der Waals surface area contributed by atoms with E-state index in [0.717, 1.165) is 51.9 Å². The van der Waals surface area contributed by atoms with Gasteiger partial charge < -0.3 is 25.0 Å². The number of rotatable bonds is 9. The van der Waals surface area contributed by atoms with Crippen LogP contribution in [0.5, 0.6) is 0 Å². The molecule has 7 nitrogen and oxygen atoms in total. The Morgan fingerprint density at radius 1 is 1.31 bits per heavy atom. The van der Waals surface area contributed by atoms with Crippen LogP contribution in [0.25, 0.3) is 0 Å². The summed E-state index contributed by atoms with van der Waals surface area (Å²) >= 11 is 0. The molecule has 2 N–H and O–H groups in total. The van der Waals surface area contributed by atoms with E-state index in [1.165, 1.54) is 11.1 Å². The third kappa shape index (κ3) is 7.01. The standard InChI is InChI=1S/C22H34N4O3/c1-2-23-22(24-11-6-13-28-17-20-9-5-14-29-20)25-15-21(27)26-12-10-18-7-3-4-8-19(18)16-26/h3-4,7-8,20H,2,5-6,9-17H2,1H3,(H2,23,24,25). The predicted octanol–water partition coefficient (Wildman–Crippen LogP) is 1.71. The predicted molar refractivity (Wildman–Crippen MR) is 114 cm³/mol. The number of nitrogens with zero attached hydrogens (tertiary/aromatic N) is 2. The van der Waals surface area contributed by atoms with Crippen LogP contribution >= 0.6 is 0 Å². The third-order valence-corrected chi connectivity index (χ3v) is 5.29. The minimum Gasteiger partial charge on any atom is -0.379 e. The molecular weight excluding hydrogens is 368 g/mol. The number of guanidine groups is 1. The number of aliphatic imine (C=N–C) groups is 1. The van der Waals surface area contributed by atoms with E-state index in [2.05, 4.69) is 33.8 Å². The maximum Gasteiger partial charge on any atom is 0.244 e. The monoisotopic (exact) mass is 402 g/mol. The van der Waals surface area contributed by atoms with Crippen molar-refractivity contribution in [3.8, 4) is 0 Å². The molecule has 0 aromatic heterocycles. The lowest BCUT2D eigenvalue weighted by molar-refractivity contribution is -0.130. The van der Waals surface area contributed by atoms with Gasteiger partial charge >= 0.3 is 0 Å². The molecule has 29 heavy (non-hydrogen) atoms. The summed E-state index contributed by atoms with van der Waals surface area (Å²) in [7, 11) is 0.